The highest BCUT2D eigenvalue weighted by atomic mass is 16.4. The van der Waals surface area contributed by atoms with E-state index in [9.17, 15) is 4.79 Å². The molecule has 1 aliphatic heterocycles. The quantitative estimate of drug-likeness (QED) is 0.749. The molecule has 1 N–H and O–H groups in total. The minimum Gasteiger partial charge on any atom is -0.481 e. The number of nitrogens with zero attached hydrogens (tertiary/aromatic N) is 1. The Morgan fingerprint density at radius 3 is 2.64 bits per heavy atom. The Kier molecular flexibility index (Phi) is 3.93. The van der Waals surface area contributed by atoms with Crippen LogP contribution in [0.15, 0.2) is 0 Å². The summed E-state index contributed by atoms with van der Waals surface area (Å²) in [6, 6.07) is 0. The van der Waals surface area contributed by atoms with E-state index < -0.39 is 5.97 Å². The van der Waals surface area contributed by atoms with Gasteiger partial charge < -0.3 is 10.0 Å². The van der Waals surface area contributed by atoms with Gasteiger partial charge in [-0.05, 0) is 11.8 Å². The number of rotatable bonds is 4. The summed E-state index contributed by atoms with van der Waals surface area (Å²) in [6.45, 7) is 9.17. The summed E-state index contributed by atoms with van der Waals surface area (Å²) in [7, 11) is 0. The molecule has 0 radical (unpaired) electrons. The fourth-order valence-electron chi connectivity index (χ4n) is 2.11. The van der Waals surface area contributed by atoms with Crippen LogP contribution in [0.3, 0.4) is 0 Å². The molecule has 0 aromatic rings. The zero-order valence-electron chi connectivity index (χ0n) is 9.36. The molecule has 3 nitrogen and oxygen atoms in total. The molecule has 0 saturated carbocycles. The molecule has 1 aliphatic rings. The molecule has 0 aromatic carbocycles. The highest BCUT2D eigenvalue weighted by molar-refractivity contribution is 5.71. The van der Waals surface area contributed by atoms with E-state index in [0.717, 1.165) is 19.6 Å². The fraction of sp³-hybridized carbons (Fsp3) is 0.909. The molecular formula is C11H21NO2. The zero-order chi connectivity index (χ0) is 10.7. The Bertz CT molecular complexity index is 205. The largest absolute Gasteiger partial charge is 0.481 e. The van der Waals surface area contributed by atoms with E-state index in [4.69, 9.17) is 5.11 Å². The van der Waals surface area contributed by atoms with Gasteiger partial charge in [0.2, 0.25) is 0 Å². The summed E-state index contributed by atoms with van der Waals surface area (Å²) in [5, 5.41) is 8.97. The molecule has 0 aliphatic carbocycles. The summed E-state index contributed by atoms with van der Waals surface area (Å²) < 4.78 is 0. The lowest BCUT2D eigenvalue weighted by Crippen LogP contribution is -2.27. The number of aliphatic carboxylic acids is 1. The maximum atomic E-state index is 10.9. The van der Waals surface area contributed by atoms with Crippen LogP contribution in [0, 0.1) is 17.8 Å². The lowest BCUT2D eigenvalue weighted by molar-refractivity contribution is -0.142. The number of carboxylic acids is 1. The minimum atomic E-state index is -0.635. The molecule has 0 amide bonds. The van der Waals surface area contributed by atoms with Crippen molar-refractivity contribution in [1.82, 2.24) is 4.90 Å². The van der Waals surface area contributed by atoms with Crippen molar-refractivity contribution in [2.24, 2.45) is 17.8 Å². The highest BCUT2D eigenvalue weighted by Crippen LogP contribution is 2.24. The predicted octanol–water partition coefficient (Wildman–Crippen LogP) is 1.69. The Balaban J connectivity index is 2.42. The van der Waals surface area contributed by atoms with Gasteiger partial charge in [-0.1, -0.05) is 27.2 Å². The van der Waals surface area contributed by atoms with Gasteiger partial charge in [-0.2, -0.15) is 0 Å². The number of carbonyl (C=O) groups is 1. The number of hydrogen-bond acceptors (Lipinski definition) is 2. The fourth-order valence-corrected chi connectivity index (χ4v) is 2.11. The van der Waals surface area contributed by atoms with Gasteiger partial charge in [-0.3, -0.25) is 4.79 Å². The van der Waals surface area contributed by atoms with E-state index in [-0.39, 0.29) is 5.92 Å². The number of hydrogen-bond donors (Lipinski definition) is 1. The molecule has 3 atom stereocenters. The molecule has 14 heavy (non-hydrogen) atoms. The normalized spacial score (nSPS) is 30.5. The third kappa shape index (κ3) is 2.71. The van der Waals surface area contributed by atoms with E-state index in [0.29, 0.717) is 11.8 Å². The molecular weight excluding hydrogens is 178 g/mol. The van der Waals surface area contributed by atoms with Crippen LogP contribution in [0.25, 0.3) is 0 Å². The van der Waals surface area contributed by atoms with Crippen LogP contribution in [0.4, 0.5) is 0 Å². The van der Waals surface area contributed by atoms with Crippen molar-refractivity contribution in [2.45, 2.75) is 27.2 Å². The van der Waals surface area contributed by atoms with Crippen molar-refractivity contribution in [3.8, 4) is 0 Å². The van der Waals surface area contributed by atoms with Gasteiger partial charge in [0.25, 0.3) is 0 Å². The molecule has 0 spiro atoms. The van der Waals surface area contributed by atoms with Crippen molar-refractivity contribution >= 4 is 5.97 Å². The number of likely N-dealkylation sites (tertiary alicyclic amines) is 1. The van der Waals surface area contributed by atoms with Crippen molar-refractivity contribution in [1.29, 1.82) is 0 Å². The highest BCUT2D eigenvalue weighted by Gasteiger charge is 2.34. The van der Waals surface area contributed by atoms with Gasteiger partial charge in [-0.25, -0.2) is 0 Å². The van der Waals surface area contributed by atoms with Gasteiger partial charge in [-0.15, -0.1) is 0 Å². The van der Waals surface area contributed by atoms with Crippen LogP contribution in [0.2, 0.25) is 0 Å². The monoisotopic (exact) mass is 199 g/mol. The molecule has 3 heteroatoms. The molecule has 3 unspecified atom stereocenters. The summed E-state index contributed by atoms with van der Waals surface area (Å²) in [6.07, 6.45) is 1.17. The SMILES string of the molecule is CCC(C)CN1CC(C)C(C(=O)O)C1. The maximum absolute atomic E-state index is 10.9. The second kappa shape index (κ2) is 4.78. The summed E-state index contributed by atoms with van der Waals surface area (Å²) in [5.74, 6) is 0.189. The van der Waals surface area contributed by atoms with E-state index >= 15 is 0 Å². The topological polar surface area (TPSA) is 40.5 Å². The van der Waals surface area contributed by atoms with E-state index in [1.165, 1.54) is 6.42 Å². The second-order valence-corrected chi connectivity index (χ2v) is 4.65. The Hall–Kier alpha value is -0.570. The van der Waals surface area contributed by atoms with Gasteiger partial charge in [0, 0.05) is 19.6 Å². The summed E-state index contributed by atoms with van der Waals surface area (Å²) in [5.41, 5.74) is 0. The van der Waals surface area contributed by atoms with Crippen molar-refractivity contribution in [2.75, 3.05) is 19.6 Å². The molecule has 1 fully saturated rings. The first kappa shape index (κ1) is 11.5. The van der Waals surface area contributed by atoms with Gasteiger partial charge in [0.15, 0.2) is 0 Å². The lowest BCUT2D eigenvalue weighted by Gasteiger charge is -2.19. The molecule has 0 bridgehead atoms. The second-order valence-electron chi connectivity index (χ2n) is 4.65. The first-order chi connectivity index (χ1) is 6.54. The lowest BCUT2D eigenvalue weighted by atomic mass is 9.99. The van der Waals surface area contributed by atoms with Crippen molar-refractivity contribution in [3.05, 3.63) is 0 Å². The molecule has 82 valence electrons. The van der Waals surface area contributed by atoms with Crippen LogP contribution in [-0.4, -0.2) is 35.6 Å². The van der Waals surface area contributed by atoms with Crippen molar-refractivity contribution < 1.29 is 9.90 Å². The van der Waals surface area contributed by atoms with Crippen LogP contribution < -0.4 is 0 Å². The van der Waals surface area contributed by atoms with Crippen molar-refractivity contribution in [3.63, 3.8) is 0 Å². The first-order valence-electron chi connectivity index (χ1n) is 5.49. The Labute approximate surface area is 86.1 Å². The molecule has 1 heterocycles. The average molecular weight is 199 g/mol. The van der Waals surface area contributed by atoms with Gasteiger partial charge >= 0.3 is 5.97 Å². The standard InChI is InChI=1S/C11H21NO2/c1-4-8(2)5-12-6-9(3)10(7-12)11(13)14/h8-10H,4-7H2,1-3H3,(H,13,14). The average Bonchev–Trinajstić information content (AvgIpc) is 2.46. The van der Waals surface area contributed by atoms with Crippen LogP contribution in [-0.2, 0) is 4.79 Å². The zero-order valence-corrected chi connectivity index (χ0v) is 9.36. The van der Waals surface area contributed by atoms with E-state index in [1.54, 1.807) is 0 Å². The van der Waals surface area contributed by atoms with Crippen LogP contribution in [0.5, 0.6) is 0 Å². The Morgan fingerprint density at radius 1 is 1.57 bits per heavy atom. The van der Waals surface area contributed by atoms with Gasteiger partial charge in [0.1, 0.15) is 0 Å². The predicted molar refractivity (Wildman–Crippen MR) is 56.2 cm³/mol. The van der Waals surface area contributed by atoms with Crippen LogP contribution in [0.1, 0.15) is 27.2 Å². The minimum absolute atomic E-state index is 0.154. The van der Waals surface area contributed by atoms with E-state index in [2.05, 4.69) is 18.7 Å². The summed E-state index contributed by atoms with van der Waals surface area (Å²) in [4.78, 5) is 13.2. The number of carboxylic acid groups (broad SMARTS) is 1. The molecule has 1 rings (SSSR count). The summed E-state index contributed by atoms with van der Waals surface area (Å²) >= 11 is 0. The first-order valence-corrected chi connectivity index (χ1v) is 5.49. The molecule has 1 saturated heterocycles. The Morgan fingerprint density at radius 2 is 2.21 bits per heavy atom. The third-order valence-electron chi connectivity index (χ3n) is 3.27. The third-order valence-corrected chi connectivity index (χ3v) is 3.27. The van der Waals surface area contributed by atoms with Crippen LogP contribution >= 0.6 is 0 Å². The maximum Gasteiger partial charge on any atom is 0.308 e. The smallest absolute Gasteiger partial charge is 0.308 e. The molecule has 0 aromatic heterocycles. The van der Waals surface area contributed by atoms with Gasteiger partial charge in [0.05, 0.1) is 5.92 Å². The van der Waals surface area contributed by atoms with E-state index in [1.807, 2.05) is 6.92 Å².